The van der Waals surface area contributed by atoms with Gasteiger partial charge in [0.05, 0.1) is 15.8 Å². The van der Waals surface area contributed by atoms with Crippen molar-refractivity contribution in [2.45, 2.75) is 45.2 Å². The zero-order valence-corrected chi connectivity index (χ0v) is 19.5. The number of nitrogens with zero attached hydrogens (tertiary/aromatic N) is 1. The van der Waals surface area contributed by atoms with Gasteiger partial charge in [-0.05, 0) is 50.1 Å². The fourth-order valence-corrected chi connectivity index (χ4v) is 3.99. The van der Waals surface area contributed by atoms with Crippen molar-refractivity contribution in [2.24, 2.45) is 0 Å². The van der Waals surface area contributed by atoms with Gasteiger partial charge < -0.3 is 10.2 Å². The van der Waals surface area contributed by atoms with Crippen molar-refractivity contribution < 1.29 is 14.0 Å². The van der Waals surface area contributed by atoms with Crippen molar-refractivity contribution in [1.82, 2.24) is 10.2 Å². The highest BCUT2D eigenvalue weighted by atomic mass is 35.5. The minimum Gasteiger partial charge on any atom is -0.352 e. The molecule has 2 aromatic rings. The maximum atomic E-state index is 13.8. The highest BCUT2D eigenvalue weighted by Crippen LogP contribution is 2.24. The van der Waals surface area contributed by atoms with Crippen molar-refractivity contribution >= 4 is 46.8 Å². The average Bonchev–Trinajstić information content (AvgIpc) is 2.69. The summed E-state index contributed by atoms with van der Waals surface area (Å²) in [6.45, 7) is 5.62. The number of hydrogen-bond acceptors (Lipinski definition) is 3. The zero-order chi connectivity index (χ0) is 22.3. The lowest BCUT2D eigenvalue weighted by molar-refractivity contribution is -0.138. The molecule has 2 amide bonds. The van der Waals surface area contributed by atoms with Crippen molar-refractivity contribution in [3.63, 3.8) is 0 Å². The predicted octanol–water partition coefficient (Wildman–Crippen LogP) is 5.31. The molecule has 0 aliphatic heterocycles. The molecule has 0 saturated carbocycles. The molecule has 0 aromatic heterocycles. The minimum atomic E-state index is -0.677. The molecular formula is C22H25Cl2FN2O2S. The second-order valence-electron chi connectivity index (χ2n) is 7.19. The van der Waals surface area contributed by atoms with Gasteiger partial charge in [-0.3, -0.25) is 9.59 Å². The number of halogens is 3. The quantitative estimate of drug-likeness (QED) is 0.540. The SMILES string of the molecule is CC(C)NC(=O)C(C)N(Cc1ccc(Cl)c(Cl)c1)C(=O)CSCc1ccccc1F. The molecule has 0 saturated heterocycles. The molecule has 0 fully saturated rings. The Morgan fingerprint density at radius 3 is 2.43 bits per heavy atom. The fourth-order valence-electron chi connectivity index (χ4n) is 2.77. The maximum Gasteiger partial charge on any atom is 0.242 e. The molecule has 0 heterocycles. The van der Waals surface area contributed by atoms with Gasteiger partial charge in [0, 0.05) is 18.3 Å². The first-order chi connectivity index (χ1) is 14.2. The average molecular weight is 471 g/mol. The topological polar surface area (TPSA) is 49.4 Å². The van der Waals surface area contributed by atoms with E-state index in [4.69, 9.17) is 23.2 Å². The van der Waals surface area contributed by atoms with E-state index in [1.807, 2.05) is 13.8 Å². The molecular weight excluding hydrogens is 446 g/mol. The lowest BCUT2D eigenvalue weighted by Gasteiger charge is -2.29. The Bertz CT molecular complexity index is 895. The first-order valence-electron chi connectivity index (χ1n) is 9.54. The van der Waals surface area contributed by atoms with E-state index in [0.29, 0.717) is 21.4 Å². The highest BCUT2D eigenvalue weighted by Gasteiger charge is 2.26. The van der Waals surface area contributed by atoms with Gasteiger partial charge in [-0.25, -0.2) is 4.39 Å². The lowest BCUT2D eigenvalue weighted by Crippen LogP contribution is -2.49. The summed E-state index contributed by atoms with van der Waals surface area (Å²) < 4.78 is 13.8. The Morgan fingerprint density at radius 1 is 1.10 bits per heavy atom. The third-order valence-electron chi connectivity index (χ3n) is 4.38. The molecule has 1 N–H and O–H groups in total. The number of benzene rings is 2. The molecule has 0 aliphatic carbocycles. The van der Waals surface area contributed by atoms with Crippen LogP contribution < -0.4 is 5.32 Å². The van der Waals surface area contributed by atoms with E-state index in [9.17, 15) is 14.0 Å². The van der Waals surface area contributed by atoms with E-state index in [0.717, 1.165) is 5.56 Å². The van der Waals surface area contributed by atoms with E-state index >= 15 is 0 Å². The molecule has 162 valence electrons. The number of carbonyl (C=O) groups excluding carboxylic acids is 2. The molecule has 1 unspecified atom stereocenters. The summed E-state index contributed by atoms with van der Waals surface area (Å²) in [6.07, 6.45) is 0. The Hall–Kier alpha value is -1.76. The monoisotopic (exact) mass is 470 g/mol. The second kappa shape index (κ2) is 11.6. The molecule has 2 rings (SSSR count). The van der Waals surface area contributed by atoms with Crippen LogP contribution in [0.4, 0.5) is 4.39 Å². The van der Waals surface area contributed by atoms with Crippen LogP contribution in [0.25, 0.3) is 0 Å². The highest BCUT2D eigenvalue weighted by molar-refractivity contribution is 7.99. The van der Waals surface area contributed by atoms with Gasteiger partial charge >= 0.3 is 0 Å². The van der Waals surface area contributed by atoms with Crippen LogP contribution >= 0.6 is 35.0 Å². The van der Waals surface area contributed by atoms with Crippen LogP contribution in [0.5, 0.6) is 0 Å². The normalized spacial score (nSPS) is 12.0. The molecule has 8 heteroatoms. The van der Waals surface area contributed by atoms with E-state index < -0.39 is 6.04 Å². The molecule has 0 radical (unpaired) electrons. The maximum absolute atomic E-state index is 13.8. The molecule has 0 aliphatic rings. The van der Waals surface area contributed by atoms with Crippen molar-refractivity contribution in [2.75, 3.05) is 5.75 Å². The van der Waals surface area contributed by atoms with Gasteiger partial charge in [0.2, 0.25) is 11.8 Å². The predicted molar refractivity (Wildman–Crippen MR) is 122 cm³/mol. The Balaban J connectivity index is 2.12. The first-order valence-corrected chi connectivity index (χ1v) is 11.4. The van der Waals surface area contributed by atoms with E-state index in [-0.39, 0.29) is 36.0 Å². The van der Waals surface area contributed by atoms with Crippen LogP contribution in [0.1, 0.15) is 31.9 Å². The van der Waals surface area contributed by atoms with Crippen LogP contribution in [0.2, 0.25) is 10.0 Å². The molecule has 0 spiro atoms. The largest absolute Gasteiger partial charge is 0.352 e. The van der Waals surface area contributed by atoms with Crippen molar-refractivity contribution in [3.8, 4) is 0 Å². The molecule has 4 nitrogen and oxygen atoms in total. The van der Waals surface area contributed by atoms with Crippen LogP contribution in [-0.4, -0.2) is 34.6 Å². The van der Waals surface area contributed by atoms with E-state index in [2.05, 4.69) is 5.32 Å². The third kappa shape index (κ3) is 7.18. The number of hydrogen-bond donors (Lipinski definition) is 1. The van der Waals surface area contributed by atoms with Crippen LogP contribution in [-0.2, 0) is 21.9 Å². The Kier molecular flexibility index (Phi) is 9.46. The van der Waals surface area contributed by atoms with Crippen LogP contribution in [0.3, 0.4) is 0 Å². The summed E-state index contributed by atoms with van der Waals surface area (Å²) in [5.41, 5.74) is 1.30. The van der Waals surface area contributed by atoms with Gasteiger partial charge in [-0.15, -0.1) is 11.8 Å². The van der Waals surface area contributed by atoms with Crippen LogP contribution in [0, 0.1) is 5.82 Å². The lowest BCUT2D eigenvalue weighted by atomic mass is 10.1. The molecule has 2 aromatic carbocycles. The summed E-state index contributed by atoms with van der Waals surface area (Å²) >= 11 is 13.4. The van der Waals surface area contributed by atoms with Crippen molar-refractivity contribution in [1.29, 1.82) is 0 Å². The number of thioether (sulfide) groups is 1. The molecule has 1 atom stereocenters. The van der Waals surface area contributed by atoms with Crippen molar-refractivity contribution in [3.05, 3.63) is 69.5 Å². The van der Waals surface area contributed by atoms with Crippen LogP contribution in [0.15, 0.2) is 42.5 Å². The van der Waals surface area contributed by atoms with Gasteiger partial charge in [-0.2, -0.15) is 0 Å². The van der Waals surface area contributed by atoms with Gasteiger partial charge in [0.25, 0.3) is 0 Å². The summed E-state index contributed by atoms with van der Waals surface area (Å²) in [5, 5.41) is 3.64. The minimum absolute atomic E-state index is 0.0442. The Morgan fingerprint density at radius 2 is 1.80 bits per heavy atom. The molecule has 30 heavy (non-hydrogen) atoms. The van der Waals surface area contributed by atoms with E-state index in [1.54, 1.807) is 43.3 Å². The van der Waals surface area contributed by atoms with Gasteiger partial charge in [0.1, 0.15) is 11.9 Å². The Labute approximate surface area is 191 Å². The second-order valence-corrected chi connectivity index (χ2v) is 8.99. The number of rotatable bonds is 9. The number of nitrogens with one attached hydrogen (secondary N) is 1. The fraction of sp³-hybridized carbons (Fsp3) is 0.364. The molecule has 0 bridgehead atoms. The zero-order valence-electron chi connectivity index (χ0n) is 17.1. The van der Waals surface area contributed by atoms with Gasteiger partial charge in [0.15, 0.2) is 0 Å². The summed E-state index contributed by atoms with van der Waals surface area (Å²) in [4.78, 5) is 27.0. The van der Waals surface area contributed by atoms with E-state index in [1.165, 1.54) is 22.7 Å². The first kappa shape index (κ1) is 24.5. The number of amides is 2. The summed E-state index contributed by atoms with van der Waals surface area (Å²) in [6, 6.07) is 10.9. The summed E-state index contributed by atoms with van der Waals surface area (Å²) in [7, 11) is 0. The standard InChI is InChI=1S/C22H25Cl2FN2O2S/c1-14(2)26-22(29)15(3)27(11-16-8-9-18(23)19(24)10-16)21(28)13-30-12-17-6-4-5-7-20(17)25/h4-10,14-15H,11-13H2,1-3H3,(H,26,29). The third-order valence-corrected chi connectivity index (χ3v) is 6.08. The van der Waals surface area contributed by atoms with Gasteiger partial charge in [-0.1, -0.05) is 47.5 Å². The number of carbonyl (C=O) groups is 2. The summed E-state index contributed by atoms with van der Waals surface area (Å²) in [5.74, 6) is -0.262. The smallest absolute Gasteiger partial charge is 0.242 e.